The Morgan fingerprint density at radius 1 is 1.17 bits per heavy atom. The zero-order valence-electron chi connectivity index (χ0n) is 6.28. The summed E-state index contributed by atoms with van der Waals surface area (Å²) < 4.78 is 0. The van der Waals surface area contributed by atoms with Gasteiger partial charge in [-0.3, -0.25) is 21.4 Å². The summed E-state index contributed by atoms with van der Waals surface area (Å²) >= 11 is 0. The van der Waals surface area contributed by atoms with E-state index in [1.165, 1.54) is 4.90 Å². The minimum atomic E-state index is -0.660. The van der Waals surface area contributed by atoms with E-state index in [-0.39, 0.29) is 10.7 Å². The van der Waals surface area contributed by atoms with Crippen LogP contribution >= 0.6 is 0 Å². The molecule has 1 rings (SSSR count). The third-order valence-electron chi connectivity index (χ3n) is 1.38. The van der Waals surface area contributed by atoms with Crippen molar-refractivity contribution in [2.75, 3.05) is 7.05 Å². The average molecular weight is 179 g/mol. The van der Waals surface area contributed by atoms with Crippen LogP contribution in [0.15, 0.2) is 0 Å². The van der Waals surface area contributed by atoms with Crippen molar-refractivity contribution in [3.63, 3.8) is 0 Å². The summed E-state index contributed by atoms with van der Waals surface area (Å²) in [6.45, 7) is 0. The molecule has 2 unspecified atom stereocenters. The second-order valence-electron chi connectivity index (χ2n) is 2.23. The first-order valence-corrected chi connectivity index (χ1v) is 3.02. The maximum atomic E-state index is 10.1. The topological polar surface area (TPSA) is 126 Å². The van der Waals surface area contributed by atoms with Crippen molar-refractivity contribution in [2.24, 2.45) is 11.7 Å². The maximum Gasteiger partial charge on any atom is 0.176 e. The molecule has 0 spiro atoms. The Hall–Kier alpha value is -0.360. The Balaban J connectivity index is 2.23. The van der Waals surface area contributed by atoms with Crippen LogP contribution in [0.1, 0.15) is 0 Å². The summed E-state index contributed by atoms with van der Waals surface area (Å²) in [6, 6.07) is 0. The van der Waals surface area contributed by atoms with Gasteiger partial charge >= 0.3 is 0 Å². The van der Waals surface area contributed by atoms with Gasteiger partial charge in [0.25, 0.3) is 0 Å². The van der Waals surface area contributed by atoms with E-state index in [0.29, 0.717) is 0 Å². The summed E-state index contributed by atoms with van der Waals surface area (Å²) in [5.41, 5.74) is 0. The van der Waals surface area contributed by atoms with Gasteiger partial charge in [-0.25, -0.2) is 4.90 Å². The number of hydrazine groups is 2. The SMILES string of the molecule is CN1C(ON(N)[O-])C1ON(N)[O-]. The summed E-state index contributed by atoms with van der Waals surface area (Å²) in [4.78, 5) is 10.3. The highest BCUT2D eigenvalue weighted by Gasteiger charge is 2.48. The molecule has 9 heteroatoms. The first-order chi connectivity index (χ1) is 5.52. The summed E-state index contributed by atoms with van der Waals surface area (Å²) in [7, 11) is 1.57. The van der Waals surface area contributed by atoms with E-state index < -0.39 is 12.5 Å². The van der Waals surface area contributed by atoms with Crippen molar-refractivity contribution in [1.29, 1.82) is 0 Å². The van der Waals surface area contributed by atoms with Gasteiger partial charge in [-0.1, -0.05) is 0 Å². The lowest BCUT2D eigenvalue weighted by atomic mass is 10.8. The molecule has 1 aliphatic heterocycles. The second-order valence-corrected chi connectivity index (χ2v) is 2.23. The molecule has 0 saturated carbocycles. The van der Waals surface area contributed by atoms with Crippen molar-refractivity contribution in [3.8, 4) is 0 Å². The normalized spacial score (nSPS) is 34.8. The van der Waals surface area contributed by atoms with Gasteiger partial charge in [0.2, 0.25) is 0 Å². The van der Waals surface area contributed by atoms with E-state index in [4.69, 9.17) is 0 Å². The van der Waals surface area contributed by atoms with Crippen LogP contribution in [-0.4, -0.2) is 35.1 Å². The summed E-state index contributed by atoms with van der Waals surface area (Å²) in [5.74, 6) is 9.28. The van der Waals surface area contributed by atoms with E-state index >= 15 is 0 Å². The van der Waals surface area contributed by atoms with Gasteiger partial charge in [-0.05, 0) is 7.05 Å². The third-order valence-corrected chi connectivity index (χ3v) is 1.38. The summed E-state index contributed by atoms with van der Waals surface area (Å²) in [6.07, 6.45) is -1.32. The standard InChI is InChI=1S/C3H9N5O4/c1-6-2(11-7(4)9)3(6)12-8(5)10/h2-3H,4-5H2,1H3/q-2. The minimum absolute atomic E-state index is 0.212. The Morgan fingerprint density at radius 3 is 1.75 bits per heavy atom. The van der Waals surface area contributed by atoms with Crippen molar-refractivity contribution in [2.45, 2.75) is 12.5 Å². The van der Waals surface area contributed by atoms with Crippen molar-refractivity contribution >= 4 is 0 Å². The number of hydrogen-bond donors (Lipinski definition) is 2. The fourth-order valence-electron chi connectivity index (χ4n) is 0.749. The first kappa shape index (κ1) is 9.73. The molecule has 1 aliphatic rings. The zero-order valence-corrected chi connectivity index (χ0v) is 6.28. The molecule has 0 aromatic heterocycles. The van der Waals surface area contributed by atoms with Crippen molar-refractivity contribution in [1.82, 2.24) is 15.6 Å². The fraction of sp³-hybridized carbons (Fsp3) is 1.00. The van der Waals surface area contributed by atoms with Crippen LogP contribution in [0.3, 0.4) is 0 Å². The number of rotatable bonds is 4. The number of likely N-dealkylation sites (N-methyl/N-ethyl adjacent to an activating group) is 1. The number of hydrogen-bond acceptors (Lipinski definition) is 9. The molecule has 0 amide bonds. The van der Waals surface area contributed by atoms with Crippen LogP contribution in [0.4, 0.5) is 0 Å². The van der Waals surface area contributed by atoms with Crippen LogP contribution < -0.4 is 11.7 Å². The van der Waals surface area contributed by atoms with E-state index in [1.54, 1.807) is 7.05 Å². The van der Waals surface area contributed by atoms with E-state index in [9.17, 15) is 10.4 Å². The van der Waals surface area contributed by atoms with Gasteiger partial charge in [0, 0.05) is 0 Å². The van der Waals surface area contributed by atoms with E-state index in [0.717, 1.165) is 0 Å². The molecule has 0 aliphatic carbocycles. The highest BCUT2D eigenvalue weighted by atomic mass is 17.0. The Kier molecular flexibility index (Phi) is 2.89. The van der Waals surface area contributed by atoms with Gasteiger partial charge in [0.15, 0.2) is 12.5 Å². The van der Waals surface area contributed by atoms with E-state index in [2.05, 4.69) is 21.4 Å². The van der Waals surface area contributed by atoms with Gasteiger partial charge in [-0.15, -0.1) is 0 Å². The lowest BCUT2D eigenvalue weighted by Crippen LogP contribution is -2.29. The molecule has 0 aromatic carbocycles. The monoisotopic (exact) mass is 179 g/mol. The van der Waals surface area contributed by atoms with Gasteiger partial charge in [0.05, 0.1) is 0 Å². The lowest BCUT2D eigenvalue weighted by Gasteiger charge is -2.21. The van der Waals surface area contributed by atoms with Crippen LogP contribution in [0.5, 0.6) is 0 Å². The third kappa shape index (κ3) is 2.31. The number of nitrogens with two attached hydrogens (primary N) is 2. The highest BCUT2D eigenvalue weighted by Crippen LogP contribution is 2.27. The van der Waals surface area contributed by atoms with E-state index in [1.807, 2.05) is 0 Å². The van der Waals surface area contributed by atoms with Crippen molar-refractivity contribution in [3.05, 3.63) is 10.4 Å². The molecule has 1 fully saturated rings. The Labute approximate surface area is 68.0 Å². The molecule has 2 atom stereocenters. The van der Waals surface area contributed by atoms with Crippen LogP contribution in [0.2, 0.25) is 0 Å². The molecular formula is C3H9N5O4-2. The minimum Gasteiger partial charge on any atom is -0.748 e. The molecule has 1 heterocycles. The zero-order chi connectivity index (χ0) is 9.30. The Morgan fingerprint density at radius 2 is 1.50 bits per heavy atom. The van der Waals surface area contributed by atoms with Crippen LogP contribution in [0, 0.1) is 10.4 Å². The quantitative estimate of drug-likeness (QED) is 0.280. The van der Waals surface area contributed by atoms with Gasteiger partial charge in [0.1, 0.15) is 0 Å². The second kappa shape index (κ2) is 3.57. The number of nitrogens with zero attached hydrogens (tertiary/aromatic N) is 3. The summed E-state index contributed by atoms with van der Waals surface area (Å²) in [5, 5.41) is 19.9. The average Bonchev–Trinajstić information content (AvgIpc) is 2.43. The molecule has 0 bridgehead atoms. The lowest BCUT2D eigenvalue weighted by molar-refractivity contribution is -0.185. The van der Waals surface area contributed by atoms with Crippen molar-refractivity contribution < 1.29 is 9.68 Å². The Bertz CT molecular complexity index is 138. The molecule has 9 nitrogen and oxygen atoms in total. The molecule has 0 radical (unpaired) electrons. The maximum absolute atomic E-state index is 10.1. The molecular weight excluding hydrogens is 170 g/mol. The fourth-order valence-corrected chi connectivity index (χ4v) is 0.749. The highest BCUT2D eigenvalue weighted by molar-refractivity contribution is 4.84. The molecule has 1 saturated heterocycles. The smallest absolute Gasteiger partial charge is 0.176 e. The predicted octanol–water partition coefficient (Wildman–Crippen LogP) is -2.21. The molecule has 0 aromatic rings. The van der Waals surface area contributed by atoms with Gasteiger partial charge < -0.3 is 10.4 Å². The largest absolute Gasteiger partial charge is 0.748 e. The first-order valence-electron chi connectivity index (χ1n) is 3.02. The van der Waals surface area contributed by atoms with Crippen LogP contribution in [0.25, 0.3) is 0 Å². The van der Waals surface area contributed by atoms with Gasteiger partial charge in [-0.2, -0.15) is 10.7 Å². The molecule has 4 N–H and O–H groups in total. The molecule has 72 valence electrons. The van der Waals surface area contributed by atoms with Crippen LogP contribution in [-0.2, 0) is 9.68 Å². The predicted molar refractivity (Wildman–Crippen MR) is 36.3 cm³/mol. The molecule has 12 heavy (non-hydrogen) atoms.